The van der Waals surface area contributed by atoms with Gasteiger partial charge in [-0.05, 0) is 56.1 Å². The number of rotatable bonds is 7. The zero-order chi connectivity index (χ0) is 12.7. The Morgan fingerprint density at radius 1 is 1.24 bits per heavy atom. The lowest BCUT2D eigenvalue weighted by Crippen LogP contribution is -2.36. The number of nitrogens with zero attached hydrogens (tertiary/aromatic N) is 2. The van der Waals surface area contributed by atoms with Crippen LogP contribution in [-0.2, 0) is 6.54 Å². The molecule has 0 amide bonds. The van der Waals surface area contributed by atoms with Crippen molar-refractivity contribution in [1.29, 1.82) is 0 Å². The van der Waals surface area contributed by atoms with E-state index in [1.54, 1.807) is 0 Å². The summed E-state index contributed by atoms with van der Waals surface area (Å²) in [4.78, 5) is 0. The van der Waals surface area contributed by atoms with Gasteiger partial charge in [0.25, 0.3) is 0 Å². The fourth-order valence-corrected chi connectivity index (χ4v) is 2.00. The van der Waals surface area contributed by atoms with Crippen LogP contribution in [0.25, 0.3) is 0 Å². The van der Waals surface area contributed by atoms with Gasteiger partial charge in [0.15, 0.2) is 0 Å². The Morgan fingerprint density at radius 2 is 1.94 bits per heavy atom. The zero-order valence-electron chi connectivity index (χ0n) is 11.2. The van der Waals surface area contributed by atoms with Crippen molar-refractivity contribution in [1.82, 2.24) is 15.1 Å². The third kappa shape index (κ3) is 7.55. The van der Waals surface area contributed by atoms with E-state index in [-0.39, 0.29) is 5.54 Å². The summed E-state index contributed by atoms with van der Waals surface area (Å²) in [6.45, 7) is 8.78. The van der Waals surface area contributed by atoms with Crippen LogP contribution in [0.4, 0.5) is 0 Å². The van der Waals surface area contributed by atoms with E-state index >= 15 is 0 Å². The topological polar surface area (TPSA) is 29.9 Å². The van der Waals surface area contributed by atoms with E-state index in [0.717, 1.165) is 17.6 Å². The number of hydrogen-bond acceptors (Lipinski definition) is 2. The van der Waals surface area contributed by atoms with E-state index in [0.29, 0.717) is 0 Å². The Labute approximate surface area is 113 Å². The fourth-order valence-electron chi connectivity index (χ4n) is 1.68. The maximum atomic E-state index is 4.24. The van der Waals surface area contributed by atoms with Crippen molar-refractivity contribution in [3.63, 3.8) is 0 Å². The average molecular weight is 302 g/mol. The van der Waals surface area contributed by atoms with Crippen LogP contribution in [0.2, 0.25) is 0 Å². The van der Waals surface area contributed by atoms with Gasteiger partial charge in [0.2, 0.25) is 0 Å². The molecular formula is C13H24BrN3. The van der Waals surface area contributed by atoms with E-state index < -0.39 is 0 Å². The number of unbranched alkanes of at least 4 members (excludes halogenated alkanes) is 3. The van der Waals surface area contributed by atoms with E-state index in [1.807, 2.05) is 17.1 Å². The molecule has 0 fully saturated rings. The van der Waals surface area contributed by atoms with Crippen LogP contribution < -0.4 is 5.32 Å². The fraction of sp³-hybridized carbons (Fsp3) is 0.769. The Balaban J connectivity index is 1.95. The molecule has 0 saturated heterocycles. The Morgan fingerprint density at radius 3 is 2.53 bits per heavy atom. The summed E-state index contributed by atoms with van der Waals surface area (Å²) in [5, 5.41) is 7.75. The second-order valence-electron chi connectivity index (χ2n) is 5.51. The second-order valence-corrected chi connectivity index (χ2v) is 6.43. The first-order valence-electron chi connectivity index (χ1n) is 6.40. The number of aromatic nitrogens is 2. The van der Waals surface area contributed by atoms with Crippen LogP contribution in [0.15, 0.2) is 16.9 Å². The van der Waals surface area contributed by atoms with Crippen molar-refractivity contribution in [2.75, 3.05) is 6.54 Å². The van der Waals surface area contributed by atoms with Crippen molar-refractivity contribution < 1.29 is 0 Å². The van der Waals surface area contributed by atoms with Crippen molar-refractivity contribution in [2.24, 2.45) is 0 Å². The summed E-state index contributed by atoms with van der Waals surface area (Å²) in [7, 11) is 0. The SMILES string of the molecule is CC(C)(C)NCCCCCCn1cc(Br)cn1. The highest BCUT2D eigenvalue weighted by Crippen LogP contribution is 2.08. The van der Waals surface area contributed by atoms with E-state index in [2.05, 4.69) is 47.1 Å². The number of nitrogens with one attached hydrogen (secondary N) is 1. The molecule has 1 aromatic rings. The van der Waals surface area contributed by atoms with Crippen LogP contribution in [0.1, 0.15) is 46.5 Å². The van der Waals surface area contributed by atoms with Gasteiger partial charge in [-0.25, -0.2) is 0 Å². The summed E-state index contributed by atoms with van der Waals surface area (Å²) in [6.07, 6.45) is 8.92. The lowest BCUT2D eigenvalue weighted by molar-refractivity contribution is 0.414. The number of hydrogen-bond donors (Lipinski definition) is 1. The van der Waals surface area contributed by atoms with Gasteiger partial charge >= 0.3 is 0 Å². The molecule has 3 nitrogen and oxygen atoms in total. The lowest BCUT2D eigenvalue weighted by Gasteiger charge is -2.20. The lowest BCUT2D eigenvalue weighted by atomic mass is 10.1. The van der Waals surface area contributed by atoms with Gasteiger partial charge in [-0.3, -0.25) is 4.68 Å². The van der Waals surface area contributed by atoms with Gasteiger partial charge in [0.1, 0.15) is 0 Å². The molecule has 0 unspecified atom stereocenters. The summed E-state index contributed by atoms with van der Waals surface area (Å²) in [5.41, 5.74) is 0.251. The molecule has 17 heavy (non-hydrogen) atoms. The molecule has 0 bridgehead atoms. The quantitative estimate of drug-likeness (QED) is 0.780. The highest BCUT2D eigenvalue weighted by Gasteiger charge is 2.06. The summed E-state index contributed by atoms with van der Waals surface area (Å²) >= 11 is 3.40. The maximum absolute atomic E-state index is 4.24. The van der Waals surface area contributed by atoms with Gasteiger partial charge in [0.05, 0.1) is 10.7 Å². The summed E-state index contributed by atoms with van der Waals surface area (Å²) in [6, 6.07) is 0. The molecule has 0 aliphatic heterocycles. The first-order chi connectivity index (χ1) is 7.97. The molecule has 0 saturated carbocycles. The molecule has 0 spiro atoms. The number of aryl methyl sites for hydroxylation is 1. The van der Waals surface area contributed by atoms with E-state index in [1.165, 1.54) is 25.7 Å². The van der Waals surface area contributed by atoms with E-state index in [4.69, 9.17) is 0 Å². The third-order valence-corrected chi connectivity index (χ3v) is 2.98. The molecule has 1 N–H and O–H groups in total. The minimum absolute atomic E-state index is 0.251. The van der Waals surface area contributed by atoms with Crippen molar-refractivity contribution >= 4 is 15.9 Å². The molecule has 0 aliphatic carbocycles. The summed E-state index contributed by atoms with van der Waals surface area (Å²) < 4.78 is 3.06. The Hall–Kier alpha value is -0.350. The van der Waals surface area contributed by atoms with Crippen LogP contribution in [0, 0.1) is 0 Å². The molecule has 0 atom stereocenters. The minimum atomic E-state index is 0.251. The monoisotopic (exact) mass is 301 g/mol. The van der Waals surface area contributed by atoms with Crippen LogP contribution in [0.3, 0.4) is 0 Å². The largest absolute Gasteiger partial charge is 0.312 e. The molecule has 0 aliphatic rings. The molecule has 0 radical (unpaired) electrons. The second kappa shape index (κ2) is 7.17. The number of halogens is 1. The Bertz CT molecular complexity index is 315. The van der Waals surface area contributed by atoms with Crippen LogP contribution in [-0.4, -0.2) is 21.9 Å². The standard InChI is InChI=1S/C13H24BrN3/c1-13(2,3)15-8-6-4-5-7-9-17-11-12(14)10-16-17/h10-11,15H,4-9H2,1-3H3. The summed E-state index contributed by atoms with van der Waals surface area (Å²) in [5.74, 6) is 0. The van der Waals surface area contributed by atoms with Crippen molar-refractivity contribution in [2.45, 2.75) is 58.5 Å². The van der Waals surface area contributed by atoms with Crippen LogP contribution in [0.5, 0.6) is 0 Å². The normalized spacial score (nSPS) is 12.0. The zero-order valence-corrected chi connectivity index (χ0v) is 12.8. The highest BCUT2D eigenvalue weighted by molar-refractivity contribution is 9.10. The molecule has 1 heterocycles. The van der Waals surface area contributed by atoms with Crippen molar-refractivity contribution in [3.8, 4) is 0 Å². The predicted molar refractivity (Wildman–Crippen MR) is 76.2 cm³/mol. The molecule has 4 heteroatoms. The average Bonchev–Trinajstić information content (AvgIpc) is 2.61. The van der Waals surface area contributed by atoms with Gasteiger partial charge in [-0.2, -0.15) is 5.10 Å². The van der Waals surface area contributed by atoms with E-state index in [9.17, 15) is 0 Å². The van der Waals surface area contributed by atoms with Gasteiger partial charge in [0, 0.05) is 18.3 Å². The first kappa shape index (κ1) is 14.7. The van der Waals surface area contributed by atoms with Crippen LogP contribution >= 0.6 is 15.9 Å². The maximum Gasteiger partial charge on any atom is 0.0632 e. The minimum Gasteiger partial charge on any atom is -0.312 e. The first-order valence-corrected chi connectivity index (χ1v) is 7.20. The predicted octanol–water partition coefficient (Wildman–Crippen LogP) is 3.59. The smallest absolute Gasteiger partial charge is 0.0632 e. The Kier molecular flexibility index (Phi) is 6.20. The molecule has 0 aromatic carbocycles. The van der Waals surface area contributed by atoms with Gasteiger partial charge in [-0.15, -0.1) is 0 Å². The molecular weight excluding hydrogens is 278 g/mol. The van der Waals surface area contributed by atoms with Crippen molar-refractivity contribution in [3.05, 3.63) is 16.9 Å². The molecule has 98 valence electrons. The molecule has 1 aromatic heterocycles. The van der Waals surface area contributed by atoms with Gasteiger partial charge in [-0.1, -0.05) is 12.8 Å². The van der Waals surface area contributed by atoms with Gasteiger partial charge < -0.3 is 5.32 Å². The third-order valence-electron chi connectivity index (χ3n) is 2.57. The molecule has 1 rings (SSSR count). The highest BCUT2D eigenvalue weighted by atomic mass is 79.9.